The Bertz CT molecular complexity index is 1080. The number of para-hydroxylation sites is 1. The molecule has 0 spiro atoms. The van der Waals surface area contributed by atoms with Gasteiger partial charge in [-0.2, -0.15) is 0 Å². The molecule has 5 rings (SSSR count). The Labute approximate surface area is 243 Å². The van der Waals surface area contributed by atoms with Crippen LogP contribution >= 0.6 is 0 Å². The third kappa shape index (κ3) is 6.70. The normalized spacial score (nSPS) is 28.1. The van der Waals surface area contributed by atoms with Crippen LogP contribution in [0, 0.1) is 5.92 Å². The highest BCUT2D eigenvalue weighted by Gasteiger charge is 2.47. The van der Waals surface area contributed by atoms with E-state index in [2.05, 4.69) is 20.9 Å². The van der Waals surface area contributed by atoms with Crippen molar-refractivity contribution in [3.63, 3.8) is 0 Å². The number of nitrogens with zero attached hydrogens (tertiary/aromatic N) is 2. The summed E-state index contributed by atoms with van der Waals surface area (Å²) in [5.74, 6) is 0.370. The molecule has 0 radical (unpaired) electrons. The summed E-state index contributed by atoms with van der Waals surface area (Å²) in [6.45, 7) is 6.62. The van der Waals surface area contributed by atoms with E-state index in [0.717, 1.165) is 56.4 Å². The minimum atomic E-state index is -0.654. The summed E-state index contributed by atoms with van der Waals surface area (Å²) >= 11 is 0. The van der Waals surface area contributed by atoms with Gasteiger partial charge in [0, 0.05) is 44.3 Å². The van der Waals surface area contributed by atoms with Crippen molar-refractivity contribution >= 4 is 17.7 Å². The second kappa shape index (κ2) is 13.5. The molecule has 2 saturated heterocycles. The van der Waals surface area contributed by atoms with Gasteiger partial charge in [-0.1, -0.05) is 37.5 Å². The molecule has 3 fully saturated rings. The van der Waals surface area contributed by atoms with Crippen molar-refractivity contribution in [2.75, 3.05) is 39.9 Å². The van der Waals surface area contributed by atoms with Crippen molar-refractivity contribution in [2.24, 2.45) is 5.92 Å². The summed E-state index contributed by atoms with van der Waals surface area (Å²) in [7, 11) is 1.74. The van der Waals surface area contributed by atoms with E-state index in [9.17, 15) is 14.4 Å². The summed E-state index contributed by atoms with van der Waals surface area (Å²) < 4.78 is 11.8. The van der Waals surface area contributed by atoms with Gasteiger partial charge >= 0.3 is 0 Å². The van der Waals surface area contributed by atoms with Crippen LogP contribution in [0.15, 0.2) is 24.3 Å². The summed E-state index contributed by atoms with van der Waals surface area (Å²) in [5, 5.41) is 9.35. The first-order valence-corrected chi connectivity index (χ1v) is 15.6. The first-order valence-electron chi connectivity index (χ1n) is 15.6. The highest BCUT2D eigenvalue weighted by molar-refractivity contribution is 5.93. The fourth-order valence-corrected chi connectivity index (χ4v) is 7.05. The predicted octanol–water partition coefficient (Wildman–Crippen LogP) is 1.99. The molecule has 10 nitrogen and oxygen atoms in total. The summed E-state index contributed by atoms with van der Waals surface area (Å²) in [5.41, 5.74) is 0.963. The van der Waals surface area contributed by atoms with E-state index in [1.807, 2.05) is 31.2 Å². The molecular formula is C31H47N5O5. The Kier molecular flexibility index (Phi) is 9.83. The van der Waals surface area contributed by atoms with Crippen molar-refractivity contribution < 1.29 is 23.9 Å². The molecule has 1 saturated carbocycles. The van der Waals surface area contributed by atoms with E-state index in [1.54, 1.807) is 18.9 Å². The van der Waals surface area contributed by atoms with E-state index < -0.39 is 18.1 Å². The fourth-order valence-electron chi connectivity index (χ4n) is 7.05. The van der Waals surface area contributed by atoms with Crippen LogP contribution < -0.4 is 20.7 Å². The molecule has 1 aliphatic carbocycles. The third-order valence-corrected chi connectivity index (χ3v) is 9.46. The number of likely N-dealkylation sites (N-methyl/N-ethyl adjacent to an activating group) is 1. The molecule has 3 amide bonds. The zero-order valence-corrected chi connectivity index (χ0v) is 24.8. The number of rotatable bonds is 9. The van der Waals surface area contributed by atoms with Gasteiger partial charge in [-0.05, 0) is 52.1 Å². The van der Waals surface area contributed by atoms with Crippen molar-refractivity contribution in [2.45, 2.75) is 95.1 Å². The second-order valence-corrected chi connectivity index (χ2v) is 12.1. The van der Waals surface area contributed by atoms with Gasteiger partial charge in [0.25, 0.3) is 0 Å². The van der Waals surface area contributed by atoms with E-state index in [4.69, 9.17) is 9.47 Å². The number of benzene rings is 1. The van der Waals surface area contributed by atoms with Crippen LogP contribution in [0.1, 0.15) is 70.4 Å². The van der Waals surface area contributed by atoms with Crippen LogP contribution in [0.5, 0.6) is 5.75 Å². The molecule has 0 unspecified atom stereocenters. The molecule has 6 atom stereocenters. The number of fused-ring (bicyclic) bond motifs is 2. The van der Waals surface area contributed by atoms with Gasteiger partial charge in [-0.25, -0.2) is 0 Å². The van der Waals surface area contributed by atoms with Gasteiger partial charge in [0.15, 0.2) is 0 Å². The van der Waals surface area contributed by atoms with Crippen LogP contribution in [0.3, 0.4) is 0 Å². The number of piperazine rings is 1. The minimum absolute atomic E-state index is 0.0631. The molecule has 0 bridgehead atoms. The van der Waals surface area contributed by atoms with E-state index in [-0.39, 0.29) is 41.8 Å². The Morgan fingerprint density at radius 1 is 1.07 bits per heavy atom. The van der Waals surface area contributed by atoms with Gasteiger partial charge in [0.1, 0.15) is 17.8 Å². The monoisotopic (exact) mass is 569 g/mol. The summed E-state index contributed by atoms with van der Waals surface area (Å²) in [6.07, 6.45) is 6.64. The number of nitrogens with one attached hydrogen (secondary N) is 3. The quantitative estimate of drug-likeness (QED) is 0.417. The van der Waals surface area contributed by atoms with Crippen LogP contribution in [0.4, 0.5) is 0 Å². The SMILES string of the molecule is CCO[C@@H]1C[C@@H]2CN(C(=O)[C@@H](NC(=O)[C@H](C)NC)C3CCCCC3)[C@H](C(=O)N[C@@H]3CCOc4ccccc43)CN2C1. The maximum absolute atomic E-state index is 14.5. The molecule has 3 aliphatic heterocycles. The highest BCUT2D eigenvalue weighted by Crippen LogP contribution is 2.34. The lowest BCUT2D eigenvalue weighted by Crippen LogP contribution is -2.66. The predicted molar refractivity (Wildman–Crippen MR) is 155 cm³/mol. The molecule has 3 heterocycles. The van der Waals surface area contributed by atoms with Crippen molar-refractivity contribution in [1.29, 1.82) is 0 Å². The molecule has 4 aliphatic rings. The molecule has 1 aromatic carbocycles. The Hall–Kier alpha value is -2.69. The molecule has 41 heavy (non-hydrogen) atoms. The fraction of sp³-hybridized carbons (Fsp3) is 0.710. The molecule has 10 heteroatoms. The number of amides is 3. The van der Waals surface area contributed by atoms with E-state index in [1.165, 1.54) is 0 Å². The van der Waals surface area contributed by atoms with Crippen LogP contribution in [-0.2, 0) is 19.1 Å². The smallest absolute Gasteiger partial charge is 0.246 e. The Balaban J connectivity index is 1.40. The molecule has 226 valence electrons. The van der Waals surface area contributed by atoms with Crippen molar-refractivity contribution in [3.05, 3.63) is 29.8 Å². The van der Waals surface area contributed by atoms with Gasteiger partial charge in [-0.15, -0.1) is 0 Å². The maximum Gasteiger partial charge on any atom is 0.246 e. The standard InChI is InChI=1S/C31H47N5O5/c1-4-40-23-16-22-17-36(31(39)28(21-10-6-5-7-11-21)34-29(37)20(2)32-3)26(19-35(22)18-23)30(38)33-25-14-15-41-27-13-9-8-12-24(25)27/h8-9,12-13,20-23,25-26,28,32H,4-7,10-11,14-19H2,1-3H3,(H,33,38)(H,34,37)/t20-,22+,23+,25+,26-,28-/m0/s1. The Morgan fingerprint density at radius 2 is 1.85 bits per heavy atom. The lowest BCUT2D eigenvalue weighted by molar-refractivity contribution is -0.149. The number of ether oxygens (including phenoxy) is 2. The largest absolute Gasteiger partial charge is 0.493 e. The van der Waals surface area contributed by atoms with E-state index in [0.29, 0.717) is 32.7 Å². The molecular weight excluding hydrogens is 522 g/mol. The zero-order chi connectivity index (χ0) is 28.9. The number of hydrogen-bond acceptors (Lipinski definition) is 7. The van der Waals surface area contributed by atoms with Crippen molar-refractivity contribution in [3.8, 4) is 5.75 Å². The maximum atomic E-state index is 14.5. The van der Waals surface area contributed by atoms with Crippen LogP contribution in [0.25, 0.3) is 0 Å². The van der Waals surface area contributed by atoms with Gasteiger partial charge in [0.2, 0.25) is 17.7 Å². The van der Waals surface area contributed by atoms with Crippen LogP contribution in [-0.4, -0.2) is 97.7 Å². The average molecular weight is 570 g/mol. The summed E-state index contributed by atoms with van der Waals surface area (Å²) in [4.78, 5) is 45.7. The molecule has 0 aromatic heterocycles. The molecule has 1 aromatic rings. The lowest BCUT2D eigenvalue weighted by atomic mass is 9.82. The first-order chi connectivity index (χ1) is 19.9. The van der Waals surface area contributed by atoms with Gasteiger partial charge < -0.3 is 30.3 Å². The van der Waals surface area contributed by atoms with Gasteiger partial charge in [0.05, 0.1) is 24.8 Å². The number of carbonyl (C=O) groups excluding carboxylic acids is 3. The molecule has 3 N–H and O–H groups in total. The average Bonchev–Trinajstić information content (AvgIpc) is 3.40. The van der Waals surface area contributed by atoms with Crippen molar-refractivity contribution in [1.82, 2.24) is 25.8 Å². The second-order valence-electron chi connectivity index (χ2n) is 12.1. The van der Waals surface area contributed by atoms with Gasteiger partial charge in [-0.3, -0.25) is 19.3 Å². The number of carbonyl (C=O) groups is 3. The topological polar surface area (TPSA) is 112 Å². The highest BCUT2D eigenvalue weighted by atomic mass is 16.5. The minimum Gasteiger partial charge on any atom is -0.493 e. The van der Waals surface area contributed by atoms with Crippen LogP contribution in [0.2, 0.25) is 0 Å². The zero-order valence-electron chi connectivity index (χ0n) is 24.8. The lowest BCUT2D eigenvalue weighted by Gasteiger charge is -2.45. The first kappa shape index (κ1) is 29.8. The third-order valence-electron chi connectivity index (χ3n) is 9.46. The van der Waals surface area contributed by atoms with E-state index >= 15 is 0 Å². The summed E-state index contributed by atoms with van der Waals surface area (Å²) in [6, 6.07) is 6.04. The number of hydrogen-bond donors (Lipinski definition) is 3. The Morgan fingerprint density at radius 3 is 2.61 bits per heavy atom.